The van der Waals surface area contributed by atoms with Crippen molar-refractivity contribution >= 4 is 33.5 Å². The van der Waals surface area contributed by atoms with Gasteiger partial charge < -0.3 is 10.8 Å². The van der Waals surface area contributed by atoms with E-state index in [1.165, 1.54) is 24.8 Å². The zero-order chi connectivity index (χ0) is 18.1. The van der Waals surface area contributed by atoms with Gasteiger partial charge in [0.2, 0.25) is 5.95 Å². The monoisotopic (exact) mass is 368 g/mol. The number of carboxylic acid groups (broad SMARTS) is 1. The van der Waals surface area contributed by atoms with Crippen LogP contribution in [0.2, 0.25) is 0 Å². The number of anilines is 1. The summed E-state index contributed by atoms with van der Waals surface area (Å²) in [4.78, 5) is 23.1. The predicted molar refractivity (Wildman–Crippen MR) is 103 cm³/mol. The van der Waals surface area contributed by atoms with Crippen molar-refractivity contribution in [1.82, 2.24) is 14.9 Å². The standard InChI is InChI=1S/C19H20N4O2S/c20-19-21-16(14-10-15(18(24)25)26-17(14)22-19)13-6-4-12(5-7-13)11-23-8-2-1-3-9-23/h4-7,10H,1-3,8-9,11H2,(H,24,25)(H2,20,21,22). The first-order valence-electron chi connectivity index (χ1n) is 8.72. The second-order valence-corrected chi connectivity index (χ2v) is 7.63. The number of nitrogens with zero attached hydrogens (tertiary/aromatic N) is 3. The minimum atomic E-state index is -0.964. The highest BCUT2D eigenvalue weighted by Gasteiger charge is 2.16. The molecule has 3 heterocycles. The first-order chi connectivity index (χ1) is 12.6. The lowest BCUT2D eigenvalue weighted by molar-refractivity contribution is 0.0702. The SMILES string of the molecule is Nc1nc(-c2ccc(CN3CCCCC3)cc2)c2cc(C(=O)O)sc2n1. The van der Waals surface area contributed by atoms with Crippen LogP contribution in [0.3, 0.4) is 0 Å². The highest BCUT2D eigenvalue weighted by Crippen LogP contribution is 2.32. The third-order valence-corrected chi connectivity index (χ3v) is 5.72. The van der Waals surface area contributed by atoms with Gasteiger partial charge >= 0.3 is 5.97 Å². The minimum Gasteiger partial charge on any atom is -0.477 e. The number of thiophene rings is 1. The molecule has 4 rings (SSSR count). The third kappa shape index (κ3) is 3.40. The number of aromatic nitrogens is 2. The summed E-state index contributed by atoms with van der Waals surface area (Å²) in [6.45, 7) is 3.29. The molecule has 134 valence electrons. The van der Waals surface area contributed by atoms with Crippen molar-refractivity contribution in [3.05, 3.63) is 40.8 Å². The maximum Gasteiger partial charge on any atom is 0.345 e. The summed E-state index contributed by atoms with van der Waals surface area (Å²) in [5.74, 6) is -0.807. The van der Waals surface area contributed by atoms with Gasteiger partial charge in [-0.2, -0.15) is 0 Å². The van der Waals surface area contributed by atoms with E-state index in [2.05, 4.69) is 27.0 Å². The molecule has 3 N–H and O–H groups in total. The lowest BCUT2D eigenvalue weighted by Gasteiger charge is -2.26. The Hall–Kier alpha value is -2.51. The maximum atomic E-state index is 11.3. The van der Waals surface area contributed by atoms with Crippen LogP contribution in [0.5, 0.6) is 0 Å². The Morgan fingerprint density at radius 1 is 1.15 bits per heavy atom. The molecule has 0 aliphatic carbocycles. The van der Waals surface area contributed by atoms with Crippen molar-refractivity contribution < 1.29 is 9.90 Å². The molecule has 0 atom stereocenters. The molecule has 1 aliphatic heterocycles. The fraction of sp³-hybridized carbons (Fsp3) is 0.316. The fourth-order valence-corrected chi connectivity index (χ4v) is 4.28. The van der Waals surface area contributed by atoms with Crippen molar-refractivity contribution in [3.63, 3.8) is 0 Å². The van der Waals surface area contributed by atoms with Gasteiger partial charge in [-0.1, -0.05) is 30.7 Å². The van der Waals surface area contributed by atoms with E-state index in [-0.39, 0.29) is 10.8 Å². The Morgan fingerprint density at radius 2 is 1.88 bits per heavy atom. The van der Waals surface area contributed by atoms with Gasteiger partial charge in [-0.05, 0) is 37.6 Å². The number of likely N-dealkylation sites (tertiary alicyclic amines) is 1. The molecule has 1 aromatic carbocycles. The lowest BCUT2D eigenvalue weighted by Crippen LogP contribution is -2.28. The van der Waals surface area contributed by atoms with Gasteiger partial charge in [-0.3, -0.25) is 4.90 Å². The van der Waals surface area contributed by atoms with Gasteiger partial charge in [0.1, 0.15) is 9.71 Å². The number of carboxylic acids is 1. The topological polar surface area (TPSA) is 92.3 Å². The van der Waals surface area contributed by atoms with Gasteiger partial charge in [-0.15, -0.1) is 11.3 Å². The average Bonchev–Trinajstić information content (AvgIpc) is 3.07. The number of nitrogen functional groups attached to an aromatic ring is 1. The number of aromatic carboxylic acids is 1. The van der Waals surface area contributed by atoms with Gasteiger partial charge in [-0.25, -0.2) is 14.8 Å². The molecule has 2 aromatic heterocycles. The zero-order valence-corrected chi connectivity index (χ0v) is 15.1. The van der Waals surface area contributed by atoms with E-state index in [9.17, 15) is 9.90 Å². The van der Waals surface area contributed by atoms with Gasteiger partial charge in [0.25, 0.3) is 0 Å². The molecule has 0 radical (unpaired) electrons. The minimum absolute atomic E-state index is 0.156. The molecule has 1 aliphatic rings. The van der Waals surface area contributed by atoms with Gasteiger partial charge in [0.15, 0.2) is 0 Å². The smallest absolute Gasteiger partial charge is 0.345 e. The van der Waals surface area contributed by atoms with Crippen LogP contribution in [-0.2, 0) is 6.54 Å². The summed E-state index contributed by atoms with van der Waals surface area (Å²) < 4.78 is 0. The zero-order valence-electron chi connectivity index (χ0n) is 14.3. The molecule has 0 amide bonds. The Bertz CT molecular complexity index is 946. The summed E-state index contributed by atoms with van der Waals surface area (Å²) in [7, 11) is 0. The average molecular weight is 368 g/mol. The molecule has 0 spiro atoms. The van der Waals surface area contributed by atoms with Crippen molar-refractivity contribution in [2.75, 3.05) is 18.8 Å². The number of piperidine rings is 1. The molecule has 0 unspecified atom stereocenters. The van der Waals surface area contributed by atoms with Gasteiger partial charge in [0.05, 0.1) is 5.69 Å². The van der Waals surface area contributed by atoms with Crippen LogP contribution in [0, 0.1) is 0 Å². The van der Waals surface area contributed by atoms with E-state index in [0.717, 1.165) is 41.9 Å². The first kappa shape index (κ1) is 16.9. The number of benzene rings is 1. The van der Waals surface area contributed by atoms with Crippen LogP contribution in [0.4, 0.5) is 5.95 Å². The van der Waals surface area contributed by atoms with Crippen molar-refractivity contribution in [2.45, 2.75) is 25.8 Å². The van der Waals surface area contributed by atoms with Crippen molar-refractivity contribution in [2.24, 2.45) is 0 Å². The summed E-state index contributed by atoms with van der Waals surface area (Å²) >= 11 is 1.12. The largest absolute Gasteiger partial charge is 0.477 e. The number of rotatable bonds is 4. The van der Waals surface area contributed by atoms with E-state index >= 15 is 0 Å². The molecule has 0 bridgehead atoms. The van der Waals surface area contributed by atoms with E-state index in [1.54, 1.807) is 6.07 Å². The number of hydrogen-bond donors (Lipinski definition) is 2. The Balaban J connectivity index is 1.65. The first-order valence-corrected chi connectivity index (χ1v) is 9.54. The van der Waals surface area contributed by atoms with E-state index < -0.39 is 5.97 Å². The van der Waals surface area contributed by atoms with Crippen LogP contribution in [0.25, 0.3) is 21.5 Å². The number of nitrogens with two attached hydrogens (primary N) is 1. The molecule has 3 aromatic rings. The summed E-state index contributed by atoms with van der Waals surface area (Å²) in [6.07, 6.45) is 3.89. The van der Waals surface area contributed by atoms with Crippen molar-refractivity contribution in [1.29, 1.82) is 0 Å². The Labute approximate surface area is 155 Å². The second kappa shape index (κ2) is 7.01. The highest BCUT2D eigenvalue weighted by molar-refractivity contribution is 7.20. The predicted octanol–water partition coefficient (Wildman–Crippen LogP) is 3.62. The van der Waals surface area contributed by atoms with Crippen LogP contribution < -0.4 is 5.73 Å². The quantitative estimate of drug-likeness (QED) is 0.731. The van der Waals surface area contributed by atoms with E-state index in [4.69, 9.17) is 5.73 Å². The maximum absolute atomic E-state index is 11.3. The molecular weight excluding hydrogens is 348 g/mol. The summed E-state index contributed by atoms with van der Waals surface area (Å²) in [5, 5.41) is 9.96. The van der Waals surface area contributed by atoms with E-state index in [0.29, 0.717) is 10.5 Å². The number of fused-ring (bicyclic) bond motifs is 1. The lowest BCUT2D eigenvalue weighted by atomic mass is 10.1. The summed E-state index contributed by atoms with van der Waals surface area (Å²) in [6, 6.07) is 9.90. The van der Waals surface area contributed by atoms with Crippen LogP contribution >= 0.6 is 11.3 Å². The molecular formula is C19H20N4O2S. The van der Waals surface area contributed by atoms with Crippen LogP contribution in [-0.4, -0.2) is 39.0 Å². The number of hydrogen-bond acceptors (Lipinski definition) is 6. The second-order valence-electron chi connectivity index (χ2n) is 6.60. The highest BCUT2D eigenvalue weighted by atomic mass is 32.1. The molecule has 26 heavy (non-hydrogen) atoms. The van der Waals surface area contributed by atoms with Crippen LogP contribution in [0.15, 0.2) is 30.3 Å². The third-order valence-electron chi connectivity index (χ3n) is 4.70. The van der Waals surface area contributed by atoms with E-state index in [1.807, 2.05) is 12.1 Å². The fourth-order valence-electron chi connectivity index (χ4n) is 3.41. The van der Waals surface area contributed by atoms with Gasteiger partial charge in [0, 0.05) is 17.5 Å². The summed E-state index contributed by atoms with van der Waals surface area (Å²) in [5.41, 5.74) is 8.70. The molecule has 1 saturated heterocycles. The Morgan fingerprint density at radius 3 is 2.58 bits per heavy atom. The number of carbonyl (C=O) groups is 1. The molecule has 1 fully saturated rings. The van der Waals surface area contributed by atoms with Crippen LogP contribution in [0.1, 0.15) is 34.5 Å². The molecule has 6 nitrogen and oxygen atoms in total. The molecule has 7 heteroatoms. The Kier molecular flexibility index (Phi) is 4.57. The molecule has 0 saturated carbocycles. The normalized spacial score (nSPS) is 15.4. The van der Waals surface area contributed by atoms with Crippen molar-refractivity contribution in [3.8, 4) is 11.3 Å².